The first-order chi connectivity index (χ1) is 16.9. The predicted octanol–water partition coefficient (Wildman–Crippen LogP) is 6.23. The van der Waals surface area contributed by atoms with Gasteiger partial charge >= 0.3 is 5.97 Å². The van der Waals surface area contributed by atoms with Crippen LogP contribution < -0.4 is 4.74 Å². The Kier molecular flexibility index (Phi) is 7.68. The highest BCUT2D eigenvalue weighted by molar-refractivity contribution is 6.35. The number of halogens is 2. The molecule has 0 saturated heterocycles. The number of aromatic nitrogens is 1. The Morgan fingerprint density at radius 2 is 1.97 bits per heavy atom. The third-order valence-corrected chi connectivity index (χ3v) is 6.64. The molecular formula is C26H22Cl2N2O5. The maximum absolute atomic E-state index is 12.1. The molecule has 0 N–H and O–H groups in total. The summed E-state index contributed by atoms with van der Waals surface area (Å²) in [4.78, 5) is 28.0. The van der Waals surface area contributed by atoms with E-state index in [1.54, 1.807) is 54.9 Å². The van der Waals surface area contributed by atoms with Gasteiger partial charge in [-0.2, -0.15) is 0 Å². The molecule has 0 radical (unpaired) electrons. The molecule has 1 aliphatic carbocycles. The SMILES string of the molecule is COC(=O)c1cccc(OCC2=C(c3cccnc3)CC(c3ccc(Cl)cc3Cl)C([N+](=O)[O-])C2)c1. The third kappa shape index (κ3) is 5.63. The van der Waals surface area contributed by atoms with E-state index < -0.39 is 17.9 Å². The summed E-state index contributed by atoms with van der Waals surface area (Å²) in [6, 6.07) is 14.5. The highest BCUT2D eigenvalue weighted by Crippen LogP contribution is 2.44. The van der Waals surface area contributed by atoms with Gasteiger partial charge in [0.05, 0.1) is 18.6 Å². The van der Waals surface area contributed by atoms with Crippen LogP contribution in [0.3, 0.4) is 0 Å². The van der Waals surface area contributed by atoms with Crippen LogP contribution in [0.4, 0.5) is 0 Å². The van der Waals surface area contributed by atoms with Gasteiger partial charge in [0.25, 0.3) is 0 Å². The smallest absolute Gasteiger partial charge is 0.337 e. The Balaban J connectivity index is 1.70. The van der Waals surface area contributed by atoms with E-state index in [4.69, 9.17) is 32.7 Å². The monoisotopic (exact) mass is 512 g/mol. The summed E-state index contributed by atoms with van der Waals surface area (Å²) < 4.78 is 10.8. The van der Waals surface area contributed by atoms with Crippen molar-refractivity contribution in [2.24, 2.45) is 0 Å². The second-order valence-corrected chi connectivity index (χ2v) is 9.01. The van der Waals surface area contributed by atoms with Crippen molar-refractivity contribution in [3.8, 4) is 5.75 Å². The number of allylic oxidation sites excluding steroid dienone is 1. The Labute approximate surface area is 212 Å². The van der Waals surface area contributed by atoms with Crippen molar-refractivity contribution in [1.29, 1.82) is 0 Å². The molecule has 3 aromatic rings. The number of hydrogen-bond donors (Lipinski definition) is 0. The molecule has 0 fully saturated rings. The quantitative estimate of drug-likeness (QED) is 0.211. The zero-order valence-corrected chi connectivity index (χ0v) is 20.3. The molecule has 1 heterocycles. The number of pyridine rings is 1. The second kappa shape index (κ2) is 10.9. The van der Waals surface area contributed by atoms with Crippen molar-refractivity contribution in [1.82, 2.24) is 4.98 Å². The number of rotatable bonds is 7. The van der Waals surface area contributed by atoms with Gasteiger partial charge < -0.3 is 9.47 Å². The summed E-state index contributed by atoms with van der Waals surface area (Å²) in [7, 11) is 1.31. The molecule has 7 nitrogen and oxygen atoms in total. The lowest BCUT2D eigenvalue weighted by atomic mass is 9.75. The lowest BCUT2D eigenvalue weighted by Crippen LogP contribution is -2.33. The van der Waals surface area contributed by atoms with Crippen LogP contribution >= 0.6 is 23.2 Å². The molecule has 35 heavy (non-hydrogen) atoms. The van der Waals surface area contributed by atoms with E-state index in [2.05, 4.69) is 4.98 Å². The van der Waals surface area contributed by atoms with Crippen molar-refractivity contribution >= 4 is 34.7 Å². The molecule has 180 valence electrons. The van der Waals surface area contributed by atoms with Crippen LogP contribution in [0.1, 0.15) is 40.2 Å². The molecule has 0 spiro atoms. The molecule has 2 unspecified atom stereocenters. The molecule has 1 aromatic heterocycles. The van der Waals surface area contributed by atoms with Crippen LogP contribution in [0, 0.1) is 10.1 Å². The van der Waals surface area contributed by atoms with Gasteiger partial charge in [0.2, 0.25) is 6.04 Å². The van der Waals surface area contributed by atoms with Crippen LogP contribution in [0.5, 0.6) is 5.75 Å². The zero-order chi connectivity index (χ0) is 24.9. The number of carbonyl (C=O) groups excluding carboxylic acids is 1. The van der Waals surface area contributed by atoms with Crippen molar-refractivity contribution in [3.05, 3.63) is 109 Å². The lowest BCUT2D eigenvalue weighted by Gasteiger charge is -2.31. The molecule has 1 aliphatic rings. The largest absolute Gasteiger partial charge is 0.489 e. The topological polar surface area (TPSA) is 91.6 Å². The number of benzene rings is 2. The number of hydrogen-bond acceptors (Lipinski definition) is 6. The highest BCUT2D eigenvalue weighted by Gasteiger charge is 2.40. The molecule has 9 heteroatoms. The number of methoxy groups -OCH3 is 1. The van der Waals surface area contributed by atoms with E-state index in [0.29, 0.717) is 33.3 Å². The maximum Gasteiger partial charge on any atom is 0.337 e. The first-order valence-electron chi connectivity index (χ1n) is 10.9. The molecule has 2 aromatic carbocycles. The van der Waals surface area contributed by atoms with Crippen LogP contribution in [-0.2, 0) is 4.74 Å². The van der Waals surface area contributed by atoms with E-state index in [1.807, 2.05) is 12.1 Å². The summed E-state index contributed by atoms with van der Waals surface area (Å²) in [5, 5.41) is 13.0. The van der Waals surface area contributed by atoms with Gasteiger partial charge in [0, 0.05) is 33.8 Å². The van der Waals surface area contributed by atoms with Gasteiger partial charge in [-0.05, 0) is 65.1 Å². The second-order valence-electron chi connectivity index (χ2n) is 8.17. The summed E-state index contributed by atoms with van der Waals surface area (Å²) in [6.45, 7) is 0.125. The van der Waals surface area contributed by atoms with Gasteiger partial charge in [0.1, 0.15) is 12.4 Å². The minimum absolute atomic E-state index is 0.125. The van der Waals surface area contributed by atoms with E-state index in [0.717, 1.165) is 16.7 Å². The van der Waals surface area contributed by atoms with Crippen LogP contribution in [0.2, 0.25) is 10.0 Å². The van der Waals surface area contributed by atoms with Crippen molar-refractivity contribution in [2.75, 3.05) is 13.7 Å². The lowest BCUT2D eigenvalue weighted by molar-refractivity contribution is -0.526. The molecule has 0 amide bonds. The van der Waals surface area contributed by atoms with Gasteiger partial charge in [-0.25, -0.2) is 4.79 Å². The number of ether oxygens (including phenoxy) is 2. The summed E-state index contributed by atoms with van der Waals surface area (Å²) in [6.07, 6.45) is 3.98. The number of carbonyl (C=O) groups is 1. The summed E-state index contributed by atoms with van der Waals surface area (Å²) in [5.74, 6) is -0.456. The molecule has 0 saturated carbocycles. The minimum Gasteiger partial charge on any atom is -0.489 e. The fraction of sp³-hybridized carbons (Fsp3) is 0.231. The van der Waals surface area contributed by atoms with E-state index in [9.17, 15) is 14.9 Å². The molecule has 4 rings (SSSR count). The standard InChI is InChI=1S/C26H22Cl2N2O5/c1-34-26(31)16-4-2-6-20(10-16)35-15-18-11-25(30(32)33)23(21-8-7-19(27)12-24(21)28)13-22(18)17-5-3-9-29-14-17/h2-10,12,14,23,25H,11,13,15H2,1H3. The van der Waals surface area contributed by atoms with E-state index in [-0.39, 0.29) is 18.0 Å². The van der Waals surface area contributed by atoms with Crippen molar-refractivity contribution in [3.63, 3.8) is 0 Å². The molecule has 0 bridgehead atoms. The fourth-order valence-electron chi connectivity index (χ4n) is 4.37. The Morgan fingerprint density at radius 3 is 2.66 bits per heavy atom. The Bertz CT molecular complexity index is 1280. The average Bonchev–Trinajstić information content (AvgIpc) is 2.87. The van der Waals surface area contributed by atoms with Gasteiger partial charge in [-0.3, -0.25) is 15.1 Å². The van der Waals surface area contributed by atoms with Gasteiger partial charge in [-0.15, -0.1) is 0 Å². The average molecular weight is 513 g/mol. The maximum atomic E-state index is 12.1. The Morgan fingerprint density at radius 1 is 1.14 bits per heavy atom. The first-order valence-corrected chi connectivity index (χ1v) is 11.6. The summed E-state index contributed by atoms with van der Waals surface area (Å²) in [5.41, 5.74) is 3.63. The third-order valence-electron chi connectivity index (χ3n) is 6.08. The van der Waals surface area contributed by atoms with E-state index >= 15 is 0 Å². The fourth-order valence-corrected chi connectivity index (χ4v) is 4.92. The van der Waals surface area contributed by atoms with Gasteiger partial charge in [-0.1, -0.05) is 41.4 Å². The summed E-state index contributed by atoms with van der Waals surface area (Å²) >= 11 is 12.5. The van der Waals surface area contributed by atoms with E-state index in [1.165, 1.54) is 7.11 Å². The predicted molar refractivity (Wildman–Crippen MR) is 134 cm³/mol. The van der Waals surface area contributed by atoms with Crippen molar-refractivity contribution < 1.29 is 19.2 Å². The van der Waals surface area contributed by atoms with Crippen LogP contribution in [-0.4, -0.2) is 35.6 Å². The first kappa shape index (κ1) is 24.7. The molecule has 2 atom stereocenters. The Hall–Kier alpha value is -3.42. The normalized spacial score (nSPS) is 17.7. The van der Waals surface area contributed by atoms with Gasteiger partial charge in [0.15, 0.2) is 0 Å². The van der Waals surface area contributed by atoms with Crippen LogP contribution in [0.15, 0.2) is 72.6 Å². The molecule has 0 aliphatic heterocycles. The number of esters is 1. The van der Waals surface area contributed by atoms with Crippen LogP contribution in [0.25, 0.3) is 5.57 Å². The highest BCUT2D eigenvalue weighted by atomic mass is 35.5. The minimum atomic E-state index is -0.894. The van der Waals surface area contributed by atoms with Crippen molar-refractivity contribution in [2.45, 2.75) is 24.8 Å². The molecular weight excluding hydrogens is 491 g/mol. The number of nitrogens with zero attached hydrogens (tertiary/aromatic N) is 2. The zero-order valence-electron chi connectivity index (χ0n) is 18.8. The number of nitro groups is 1.